The number of hydrogen-bond donors (Lipinski definition) is 3. The average Bonchev–Trinajstić information content (AvgIpc) is 2.12. The third-order valence-electron chi connectivity index (χ3n) is 1.64. The molecule has 0 radical (unpaired) electrons. The van der Waals surface area contributed by atoms with Crippen molar-refractivity contribution >= 4 is 15.9 Å². The number of aliphatic hydroxyl groups is 1. The predicted molar refractivity (Wildman–Crippen MR) is 49.8 cm³/mol. The summed E-state index contributed by atoms with van der Waals surface area (Å²) in [5, 5.41) is 18.4. The lowest BCUT2D eigenvalue weighted by Gasteiger charge is -2.09. The van der Waals surface area contributed by atoms with Crippen LogP contribution in [0, 0.1) is 5.82 Å². The van der Waals surface area contributed by atoms with Gasteiger partial charge in [-0.25, -0.2) is 4.39 Å². The van der Waals surface area contributed by atoms with Gasteiger partial charge in [-0.1, -0.05) is 0 Å². The van der Waals surface area contributed by atoms with Gasteiger partial charge in [-0.2, -0.15) is 0 Å². The minimum Gasteiger partial charge on any atom is -0.507 e. The van der Waals surface area contributed by atoms with E-state index in [2.05, 4.69) is 15.9 Å². The summed E-state index contributed by atoms with van der Waals surface area (Å²) in [5.74, 6) is -0.870. The Morgan fingerprint density at radius 3 is 2.62 bits per heavy atom. The lowest BCUT2D eigenvalue weighted by atomic mass is 10.1. The number of halogens is 2. The van der Waals surface area contributed by atoms with E-state index in [-0.39, 0.29) is 22.3 Å². The monoisotopic (exact) mass is 249 g/mol. The molecule has 0 amide bonds. The first-order valence-corrected chi connectivity index (χ1v) is 4.41. The number of aromatic hydroxyl groups is 1. The molecule has 1 rings (SSSR count). The van der Waals surface area contributed by atoms with Crippen molar-refractivity contribution in [1.82, 2.24) is 0 Å². The number of phenols is 1. The first-order chi connectivity index (χ1) is 6.06. The van der Waals surface area contributed by atoms with Crippen LogP contribution in [0.25, 0.3) is 0 Å². The maximum Gasteiger partial charge on any atom is 0.141 e. The molecule has 0 aliphatic carbocycles. The van der Waals surface area contributed by atoms with Gasteiger partial charge in [0, 0.05) is 6.54 Å². The molecule has 0 fully saturated rings. The minimum atomic E-state index is -0.950. The first-order valence-electron chi connectivity index (χ1n) is 3.62. The van der Waals surface area contributed by atoms with Crippen molar-refractivity contribution in [3.8, 4) is 5.75 Å². The van der Waals surface area contributed by atoms with Crippen LogP contribution in [0.15, 0.2) is 16.6 Å². The summed E-state index contributed by atoms with van der Waals surface area (Å²) in [6.45, 7) is -0.0134. The minimum absolute atomic E-state index is 0.0134. The van der Waals surface area contributed by atoms with E-state index in [1.807, 2.05) is 0 Å². The summed E-state index contributed by atoms with van der Waals surface area (Å²) in [7, 11) is 0. The predicted octanol–water partition coefficient (Wildman–Crippen LogP) is 1.29. The van der Waals surface area contributed by atoms with Gasteiger partial charge in [-0.3, -0.25) is 0 Å². The summed E-state index contributed by atoms with van der Waals surface area (Å²) in [5.41, 5.74) is 5.44. The van der Waals surface area contributed by atoms with E-state index in [0.29, 0.717) is 0 Å². The molecule has 5 heteroatoms. The van der Waals surface area contributed by atoms with Crippen LogP contribution in [-0.4, -0.2) is 16.8 Å². The SMILES string of the molecule is NCC(O)c1cc(O)c(Br)c(F)c1. The third-order valence-corrected chi connectivity index (χ3v) is 2.42. The molecule has 72 valence electrons. The van der Waals surface area contributed by atoms with Crippen LogP contribution in [0.1, 0.15) is 11.7 Å². The van der Waals surface area contributed by atoms with Crippen LogP contribution in [0.5, 0.6) is 5.75 Å². The standard InChI is InChI=1S/C8H9BrFNO2/c9-8-5(10)1-4(2-6(8)12)7(13)3-11/h1-2,7,12-13H,3,11H2. The van der Waals surface area contributed by atoms with E-state index in [4.69, 9.17) is 5.73 Å². The van der Waals surface area contributed by atoms with Crippen LogP contribution in [0.3, 0.4) is 0 Å². The summed E-state index contributed by atoms with van der Waals surface area (Å²) >= 11 is 2.85. The van der Waals surface area contributed by atoms with E-state index < -0.39 is 11.9 Å². The maximum atomic E-state index is 13.0. The fraction of sp³-hybridized carbons (Fsp3) is 0.250. The smallest absolute Gasteiger partial charge is 0.141 e. The molecule has 4 N–H and O–H groups in total. The van der Waals surface area contributed by atoms with Gasteiger partial charge >= 0.3 is 0 Å². The second-order valence-electron chi connectivity index (χ2n) is 2.59. The molecule has 0 heterocycles. The molecule has 1 unspecified atom stereocenters. The van der Waals surface area contributed by atoms with E-state index >= 15 is 0 Å². The summed E-state index contributed by atoms with van der Waals surface area (Å²) in [4.78, 5) is 0. The van der Waals surface area contributed by atoms with Gasteiger partial charge < -0.3 is 15.9 Å². The van der Waals surface area contributed by atoms with Crippen molar-refractivity contribution in [2.75, 3.05) is 6.54 Å². The Bertz CT molecular complexity index is 296. The van der Waals surface area contributed by atoms with Crippen molar-refractivity contribution in [2.24, 2.45) is 5.73 Å². The quantitative estimate of drug-likeness (QED) is 0.740. The Kier molecular flexibility index (Phi) is 3.24. The molecular weight excluding hydrogens is 241 g/mol. The van der Waals surface area contributed by atoms with Crippen molar-refractivity contribution < 1.29 is 14.6 Å². The lowest BCUT2D eigenvalue weighted by molar-refractivity contribution is 0.186. The molecule has 3 nitrogen and oxygen atoms in total. The number of nitrogens with two attached hydrogens (primary N) is 1. The highest BCUT2D eigenvalue weighted by Crippen LogP contribution is 2.29. The highest BCUT2D eigenvalue weighted by Gasteiger charge is 2.12. The van der Waals surface area contributed by atoms with Crippen molar-refractivity contribution in [3.05, 3.63) is 28.0 Å². The Morgan fingerprint density at radius 2 is 2.15 bits per heavy atom. The second kappa shape index (κ2) is 4.04. The fourth-order valence-corrected chi connectivity index (χ4v) is 1.15. The van der Waals surface area contributed by atoms with E-state index in [9.17, 15) is 14.6 Å². The van der Waals surface area contributed by atoms with Gasteiger partial charge in [0.1, 0.15) is 11.6 Å². The van der Waals surface area contributed by atoms with Crippen molar-refractivity contribution in [3.63, 3.8) is 0 Å². The molecule has 0 aliphatic rings. The van der Waals surface area contributed by atoms with Gasteiger partial charge in [-0.05, 0) is 33.6 Å². The van der Waals surface area contributed by atoms with Crippen LogP contribution >= 0.6 is 15.9 Å². The molecule has 0 saturated heterocycles. The zero-order valence-electron chi connectivity index (χ0n) is 6.67. The van der Waals surface area contributed by atoms with Gasteiger partial charge in [0.15, 0.2) is 0 Å². The summed E-state index contributed by atoms with van der Waals surface area (Å²) < 4.78 is 13.0. The van der Waals surface area contributed by atoms with Crippen LogP contribution in [-0.2, 0) is 0 Å². The molecule has 1 aromatic rings. The molecule has 0 spiro atoms. The third kappa shape index (κ3) is 2.18. The molecule has 0 saturated carbocycles. The number of phenolic OH excluding ortho intramolecular Hbond substituents is 1. The summed E-state index contributed by atoms with van der Waals surface area (Å²) in [6, 6.07) is 2.39. The Hall–Kier alpha value is -0.650. The average molecular weight is 250 g/mol. The zero-order valence-corrected chi connectivity index (χ0v) is 8.25. The fourth-order valence-electron chi connectivity index (χ4n) is 0.923. The molecule has 1 atom stereocenters. The molecule has 0 aromatic heterocycles. The second-order valence-corrected chi connectivity index (χ2v) is 3.38. The lowest BCUT2D eigenvalue weighted by Crippen LogP contribution is -2.11. The topological polar surface area (TPSA) is 66.5 Å². The Labute approximate surface area is 83.1 Å². The van der Waals surface area contributed by atoms with Gasteiger partial charge in [0.25, 0.3) is 0 Å². The van der Waals surface area contributed by atoms with E-state index in [1.54, 1.807) is 0 Å². The van der Waals surface area contributed by atoms with Gasteiger partial charge in [0.05, 0.1) is 10.6 Å². The normalized spacial score (nSPS) is 12.9. The number of rotatable bonds is 2. The van der Waals surface area contributed by atoms with Crippen LogP contribution in [0.4, 0.5) is 4.39 Å². The molecule has 0 bridgehead atoms. The highest BCUT2D eigenvalue weighted by molar-refractivity contribution is 9.10. The van der Waals surface area contributed by atoms with Crippen molar-refractivity contribution in [2.45, 2.75) is 6.10 Å². The highest BCUT2D eigenvalue weighted by atomic mass is 79.9. The van der Waals surface area contributed by atoms with Gasteiger partial charge in [-0.15, -0.1) is 0 Å². The molecule has 1 aromatic carbocycles. The Morgan fingerprint density at radius 1 is 1.54 bits per heavy atom. The number of benzene rings is 1. The van der Waals surface area contributed by atoms with E-state index in [0.717, 1.165) is 6.07 Å². The maximum absolute atomic E-state index is 13.0. The van der Waals surface area contributed by atoms with Crippen molar-refractivity contribution in [1.29, 1.82) is 0 Å². The Balaban J connectivity index is 3.13. The summed E-state index contributed by atoms with van der Waals surface area (Å²) in [6.07, 6.45) is -0.950. The molecule has 0 aliphatic heterocycles. The van der Waals surface area contributed by atoms with Gasteiger partial charge in [0.2, 0.25) is 0 Å². The van der Waals surface area contributed by atoms with Crippen LogP contribution < -0.4 is 5.73 Å². The van der Waals surface area contributed by atoms with E-state index in [1.165, 1.54) is 6.07 Å². The largest absolute Gasteiger partial charge is 0.507 e. The first kappa shape index (κ1) is 10.4. The zero-order chi connectivity index (χ0) is 10.0. The molecule has 13 heavy (non-hydrogen) atoms. The molecular formula is C8H9BrFNO2. The number of hydrogen-bond acceptors (Lipinski definition) is 3. The number of aliphatic hydroxyl groups excluding tert-OH is 1. The van der Waals surface area contributed by atoms with Crippen LogP contribution in [0.2, 0.25) is 0 Å².